The number of rotatable bonds is 27. The fourth-order valence-electron chi connectivity index (χ4n) is 9.47. The number of ether oxygens (including phenoxy) is 5. The fraction of sp³-hybridized carbons (Fsp3) is 0.436. The largest absolute Gasteiger partial charge is 0.510 e. The average Bonchev–Trinajstić information content (AvgIpc) is 4.14. The lowest BCUT2D eigenvalue weighted by Gasteiger charge is -2.35. The number of aromatic nitrogens is 2. The van der Waals surface area contributed by atoms with Gasteiger partial charge in [-0.2, -0.15) is 0 Å². The van der Waals surface area contributed by atoms with Crippen LogP contribution in [0.1, 0.15) is 87.6 Å². The van der Waals surface area contributed by atoms with E-state index in [1.54, 1.807) is 55.7 Å². The minimum absolute atomic E-state index is 0.00549. The summed E-state index contributed by atoms with van der Waals surface area (Å²) in [7, 11) is 0. The van der Waals surface area contributed by atoms with Crippen LogP contribution in [-0.2, 0) is 89.0 Å². The maximum Gasteiger partial charge on any atom is 0.510 e. The number of carbonyl (C=O) groups excluding carboxylic acids is 9. The highest BCUT2D eigenvalue weighted by Gasteiger charge is 2.51. The van der Waals surface area contributed by atoms with Gasteiger partial charge in [-0.05, 0) is 79.1 Å². The van der Waals surface area contributed by atoms with Crippen molar-refractivity contribution in [1.82, 2.24) is 35.7 Å². The van der Waals surface area contributed by atoms with E-state index in [0.717, 1.165) is 33.6 Å². The molecule has 0 saturated heterocycles. The number of urea groups is 1. The van der Waals surface area contributed by atoms with Gasteiger partial charge in [-0.3, -0.25) is 38.5 Å². The molecular weight excluding hydrogens is 1040 g/mol. The Morgan fingerprint density at radius 1 is 0.838 bits per heavy atom. The number of aromatic hydroxyl groups is 1. The molecule has 25 nitrogen and oxygen atoms in total. The van der Waals surface area contributed by atoms with E-state index in [9.17, 15) is 53.1 Å². The third-order valence-corrected chi connectivity index (χ3v) is 13.7. The standard InChI is InChI=1S/C55H65N9O16/c1-5-35-36-26-34(65)13-14-40(36)60-48-37(35)28-64-42(48)27-39-38(51(64)72)30-78-52(73)55(39,6-2)80-54(75)79-29-32-9-11-33(12-10-32)59-49(70)41(8-7-19-58-53(56)74)61-50(71)47(31(3)4)62-44(67)18-22-76-24-25-77-23-20-57-43(66)17-21-63-45(68)15-16-46(63)69/h9-16,26-27,31,41,47,65H,5-8,17-25,28-30H2,1-4H3,(H,57,66)(H,59,70)(H,61,71)(H,62,67)(H3,56,58,74)/t41-,47-,55-/m0/s1. The van der Waals surface area contributed by atoms with Gasteiger partial charge < -0.3 is 65.7 Å². The first kappa shape index (κ1) is 59.0. The number of nitrogens with one attached hydrogen (secondary N) is 5. The number of pyridine rings is 2. The summed E-state index contributed by atoms with van der Waals surface area (Å²) >= 11 is 0. The smallest absolute Gasteiger partial charge is 0.508 e. The Morgan fingerprint density at radius 3 is 2.25 bits per heavy atom. The number of carbonyl (C=O) groups is 9. The zero-order valence-corrected chi connectivity index (χ0v) is 44.8. The van der Waals surface area contributed by atoms with E-state index in [1.165, 1.54) is 18.2 Å². The molecule has 8 amide bonds. The third kappa shape index (κ3) is 14.1. The van der Waals surface area contributed by atoms with Gasteiger partial charge in [-0.25, -0.2) is 19.4 Å². The summed E-state index contributed by atoms with van der Waals surface area (Å²) in [6, 6.07) is 9.76. The number of nitrogens with two attached hydrogens (primary N) is 1. The third-order valence-electron chi connectivity index (χ3n) is 13.7. The van der Waals surface area contributed by atoms with Gasteiger partial charge in [0.25, 0.3) is 17.4 Å². The highest BCUT2D eigenvalue weighted by Crippen LogP contribution is 2.42. The molecule has 0 saturated carbocycles. The number of phenols is 1. The van der Waals surface area contributed by atoms with E-state index >= 15 is 0 Å². The average molecular weight is 1110 g/mol. The maximum absolute atomic E-state index is 14.1. The molecule has 426 valence electrons. The highest BCUT2D eigenvalue weighted by molar-refractivity contribution is 6.13. The summed E-state index contributed by atoms with van der Waals surface area (Å²) in [5, 5.41) is 24.2. The molecule has 7 rings (SSSR count). The Kier molecular flexibility index (Phi) is 19.7. The van der Waals surface area contributed by atoms with Crippen molar-refractivity contribution in [3.05, 3.63) is 98.9 Å². The number of phenolic OH excluding ortho intramolecular Hbond substituents is 1. The molecule has 2 aromatic heterocycles. The number of fused-ring (bicyclic) bond motifs is 5. The van der Waals surface area contributed by atoms with Crippen LogP contribution in [0.15, 0.2) is 65.5 Å². The molecule has 80 heavy (non-hydrogen) atoms. The van der Waals surface area contributed by atoms with E-state index in [1.807, 2.05) is 6.92 Å². The predicted octanol–water partition coefficient (Wildman–Crippen LogP) is 2.58. The lowest BCUT2D eigenvalue weighted by atomic mass is 9.85. The van der Waals surface area contributed by atoms with Gasteiger partial charge in [0.1, 0.15) is 31.0 Å². The van der Waals surface area contributed by atoms with Crippen LogP contribution in [0.2, 0.25) is 0 Å². The van der Waals surface area contributed by atoms with Crippen LogP contribution in [0, 0.1) is 5.92 Å². The number of esters is 1. The first-order valence-corrected chi connectivity index (χ1v) is 26.3. The Bertz CT molecular complexity index is 3120. The van der Waals surface area contributed by atoms with Gasteiger partial charge in [0.2, 0.25) is 29.2 Å². The van der Waals surface area contributed by atoms with Crippen molar-refractivity contribution < 1.29 is 71.9 Å². The number of imide groups is 1. The second kappa shape index (κ2) is 26.8. The number of hydrogen-bond donors (Lipinski definition) is 7. The quantitative estimate of drug-likeness (QED) is 0.0226. The first-order valence-electron chi connectivity index (χ1n) is 26.3. The SMILES string of the molecule is CCc1c2c(nc3ccc(O)cc13)-c1cc3c(c(=O)n1C2)COC(=O)[C@@]3(CC)OC(=O)OCc1ccc(NC(=O)[C@H](CCCNC(N)=O)NC(=O)[C@@H](NC(=O)CCOCCOCCNC(=O)CCN2C(=O)C=CC2=O)C(C)C)cc1. The van der Waals surface area contributed by atoms with Crippen LogP contribution in [-0.4, -0.2) is 131 Å². The lowest BCUT2D eigenvalue weighted by molar-refractivity contribution is -0.175. The van der Waals surface area contributed by atoms with Crippen molar-refractivity contribution in [3.63, 3.8) is 0 Å². The number of cyclic esters (lactones) is 1. The van der Waals surface area contributed by atoms with Crippen molar-refractivity contribution in [3.8, 4) is 17.1 Å². The predicted molar refractivity (Wildman–Crippen MR) is 285 cm³/mol. The van der Waals surface area contributed by atoms with E-state index in [2.05, 4.69) is 26.6 Å². The minimum atomic E-state index is -2.03. The Labute approximate surface area is 459 Å². The summed E-state index contributed by atoms with van der Waals surface area (Å²) in [6.45, 7) is 7.31. The second-order valence-electron chi connectivity index (χ2n) is 19.4. The van der Waals surface area contributed by atoms with Crippen LogP contribution in [0.3, 0.4) is 0 Å². The maximum atomic E-state index is 14.1. The summed E-state index contributed by atoms with van der Waals surface area (Å²) in [5.41, 5.74) is 7.14. The minimum Gasteiger partial charge on any atom is -0.508 e. The molecule has 0 aliphatic carbocycles. The Balaban J connectivity index is 0.892. The molecule has 0 radical (unpaired) electrons. The van der Waals surface area contributed by atoms with Crippen LogP contribution in [0.25, 0.3) is 22.3 Å². The van der Waals surface area contributed by atoms with Crippen LogP contribution in [0.4, 0.5) is 15.3 Å². The molecule has 3 aliphatic rings. The van der Waals surface area contributed by atoms with E-state index < -0.39 is 76.9 Å². The zero-order chi connectivity index (χ0) is 57.7. The van der Waals surface area contributed by atoms with E-state index in [0.29, 0.717) is 34.6 Å². The van der Waals surface area contributed by atoms with Crippen molar-refractivity contribution in [2.75, 3.05) is 51.4 Å². The van der Waals surface area contributed by atoms with Gasteiger partial charge in [0.15, 0.2) is 0 Å². The Hall–Kier alpha value is -8.71. The van der Waals surface area contributed by atoms with Crippen molar-refractivity contribution in [1.29, 1.82) is 0 Å². The van der Waals surface area contributed by atoms with E-state index in [-0.39, 0.29) is 121 Å². The molecule has 0 fully saturated rings. The fourth-order valence-corrected chi connectivity index (χ4v) is 9.47. The van der Waals surface area contributed by atoms with Gasteiger partial charge in [-0.15, -0.1) is 0 Å². The molecule has 25 heteroatoms. The molecule has 5 heterocycles. The molecule has 4 aromatic rings. The topological polar surface area (TPSA) is 344 Å². The molecular formula is C55H65N9O16. The monoisotopic (exact) mass is 1110 g/mol. The van der Waals surface area contributed by atoms with Crippen molar-refractivity contribution in [2.24, 2.45) is 11.7 Å². The van der Waals surface area contributed by atoms with Gasteiger partial charge >= 0.3 is 18.2 Å². The van der Waals surface area contributed by atoms with Gasteiger partial charge in [0, 0.05) is 66.8 Å². The van der Waals surface area contributed by atoms with Crippen molar-refractivity contribution >= 4 is 70.2 Å². The number of anilines is 1. The summed E-state index contributed by atoms with van der Waals surface area (Å²) in [5.74, 6) is -4.21. The summed E-state index contributed by atoms with van der Waals surface area (Å²) in [4.78, 5) is 134. The normalized spacial score (nSPS) is 15.8. The number of benzene rings is 2. The number of amides is 8. The number of aryl methyl sites for hydroxylation is 1. The van der Waals surface area contributed by atoms with Crippen LogP contribution < -0.4 is 37.9 Å². The van der Waals surface area contributed by atoms with E-state index in [4.69, 9.17) is 34.4 Å². The van der Waals surface area contributed by atoms with Crippen LogP contribution in [0.5, 0.6) is 5.75 Å². The Morgan fingerprint density at radius 2 is 1.56 bits per heavy atom. The molecule has 0 unspecified atom stereocenters. The molecule has 0 bridgehead atoms. The van der Waals surface area contributed by atoms with Crippen molar-refractivity contribution in [2.45, 2.75) is 104 Å². The molecule has 3 aliphatic heterocycles. The zero-order valence-electron chi connectivity index (χ0n) is 44.8. The second-order valence-corrected chi connectivity index (χ2v) is 19.4. The number of primary amides is 1. The molecule has 2 aromatic carbocycles. The first-order chi connectivity index (χ1) is 38.3. The highest BCUT2D eigenvalue weighted by atomic mass is 16.7. The van der Waals surface area contributed by atoms with Crippen LogP contribution >= 0.6 is 0 Å². The molecule has 8 N–H and O–H groups in total. The summed E-state index contributed by atoms with van der Waals surface area (Å²) < 4.78 is 29.3. The molecule has 3 atom stereocenters. The number of hydrogen-bond acceptors (Lipinski definition) is 17. The summed E-state index contributed by atoms with van der Waals surface area (Å²) in [6.07, 6.45) is 1.73. The number of nitrogens with zero attached hydrogens (tertiary/aromatic N) is 3. The lowest BCUT2D eigenvalue weighted by Crippen LogP contribution is -2.54. The van der Waals surface area contributed by atoms with Gasteiger partial charge in [0.05, 0.1) is 55.4 Å². The molecule has 0 spiro atoms. The van der Waals surface area contributed by atoms with Gasteiger partial charge in [-0.1, -0.05) is 39.8 Å².